The summed E-state index contributed by atoms with van der Waals surface area (Å²) in [5.41, 5.74) is 0.771. The van der Waals surface area contributed by atoms with Gasteiger partial charge in [0.1, 0.15) is 12.0 Å². The first-order valence-corrected chi connectivity index (χ1v) is 8.33. The maximum atomic E-state index is 6.02. The molecular weight excluding hydrogens is 286 g/mol. The molecule has 6 heteroatoms. The van der Waals surface area contributed by atoms with E-state index in [0.717, 1.165) is 24.5 Å². The molecular formula is C15H26ClN5. The summed E-state index contributed by atoms with van der Waals surface area (Å²) < 4.78 is 0. The highest BCUT2D eigenvalue weighted by Gasteiger charge is 2.09. The first kappa shape index (κ1) is 16.3. The number of piperidine rings is 1. The van der Waals surface area contributed by atoms with E-state index in [2.05, 4.69) is 25.5 Å². The maximum Gasteiger partial charge on any atom is 0.157 e. The van der Waals surface area contributed by atoms with Crippen LogP contribution in [0.5, 0.6) is 0 Å². The Bertz CT molecular complexity index is 421. The number of aromatic nitrogens is 2. The van der Waals surface area contributed by atoms with Gasteiger partial charge in [-0.15, -0.1) is 0 Å². The molecule has 0 amide bonds. The summed E-state index contributed by atoms with van der Waals surface area (Å²) >= 11 is 6.02. The van der Waals surface area contributed by atoms with Crippen molar-refractivity contribution in [3.05, 3.63) is 11.5 Å². The molecule has 21 heavy (non-hydrogen) atoms. The van der Waals surface area contributed by atoms with Gasteiger partial charge in [0.05, 0.1) is 0 Å². The molecule has 5 nitrogen and oxygen atoms in total. The number of likely N-dealkylation sites (tertiary alicyclic amines) is 1. The molecule has 0 atom stereocenters. The minimum Gasteiger partial charge on any atom is -0.383 e. The third-order valence-corrected chi connectivity index (χ3v) is 4.23. The van der Waals surface area contributed by atoms with E-state index in [1.165, 1.54) is 58.1 Å². The van der Waals surface area contributed by atoms with Crippen LogP contribution in [0.1, 0.15) is 38.5 Å². The molecule has 0 spiro atoms. The van der Waals surface area contributed by atoms with Gasteiger partial charge in [0.15, 0.2) is 11.0 Å². The van der Waals surface area contributed by atoms with Crippen molar-refractivity contribution >= 4 is 23.1 Å². The van der Waals surface area contributed by atoms with Crippen LogP contribution in [0.25, 0.3) is 0 Å². The van der Waals surface area contributed by atoms with Gasteiger partial charge in [-0.2, -0.15) is 0 Å². The molecule has 1 aliphatic heterocycles. The molecule has 1 fully saturated rings. The lowest BCUT2D eigenvalue weighted by molar-refractivity contribution is 0.224. The molecule has 0 radical (unpaired) electrons. The van der Waals surface area contributed by atoms with E-state index in [1.54, 1.807) is 0 Å². The largest absolute Gasteiger partial charge is 0.383 e. The Labute approximate surface area is 132 Å². The SMILES string of the molecule is CNc1c(Cl)ncnc1NCCCCCN1CCCCC1. The summed E-state index contributed by atoms with van der Waals surface area (Å²) in [6.07, 6.45) is 9.34. The van der Waals surface area contributed by atoms with Crippen molar-refractivity contribution in [2.75, 3.05) is 43.9 Å². The molecule has 1 aromatic heterocycles. The Morgan fingerprint density at radius 1 is 1.14 bits per heavy atom. The molecule has 0 aliphatic carbocycles. The predicted octanol–water partition coefficient (Wildman–Crippen LogP) is 3.24. The zero-order chi connectivity index (χ0) is 14.9. The highest BCUT2D eigenvalue weighted by atomic mass is 35.5. The lowest BCUT2D eigenvalue weighted by atomic mass is 10.1. The van der Waals surface area contributed by atoms with E-state index in [-0.39, 0.29) is 0 Å². The van der Waals surface area contributed by atoms with Crippen LogP contribution in [0, 0.1) is 0 Å². The number of anilines is 2. The number of nitrogens with one attached hydrogen (secondary N) is 2. The van der Waals surface area contributed by atoms with Crippen molar-refractivity contribution in [3.63, 3.8) is 0 Å². The molecule has 0 saturated carbocycles. The van der Waals surface area contributed by atoms with Gasteiger partial charge in [0.25, 0.3) is 0 Å². The second-order valence-corrected chi connectivity index (χ2v) is 5.89. The van der Waals surface area contributed by atoms with Gasteiger partial charge in [-0.3, -0.25) is 0 Å². The minimum absolute atomic E-state index is 0.458. The van der Waals surface area contributed by atoms with Crippen molar-refractivity contribution < 1.29 is 0 Å². The van der Waals surface area contributed by atoms with Crippen LogP contribution in [0.3, 0.4) is 0 Å². The Balaban J connectivity index is 1.60. The van der Waals surface area contributed by atoms with E-state index in [4.69, 9.17) is 11.6 Å². The second kappa shape index (κ2) is 9.05. The summed E-state index contributed by atoms with van der Waals surface area (Å²) in [6.45, 7) is 4.76. The fraction of sp³-hybridized carbons (Fsp3) is 0.733. The normalized spacial score (nSPS) is 15.9. The predicted molar refractivity (Wildman–Crippen MR) is 89.2 cm³/mol. The van der Waals surface area contributed by atoms with E-state index in [0.29, 0.717) is 5.15 Å². The maximum absolute atomic E-state index is 6.02. The average Bonchev–Trinajstić information content (AvgIpc) is 2.52. The van der Waals surface area contributed by atoms with Gasteiger partial charge in [-0.05, 0) is 45.3 Å². The van der Waals surface area contributed by atoms with Crippen LogP contribution in [0.15, 0.2) is 6.33 Å². The first-order valence-electron chi connectivity index (χ1n) is 7.95. The van der Waals surface area contributed by atoms with Gasteiger partial charge < -0.3 is 15.5 Å². The zero-order valence-corrected chi connectivity index (χ0v) is 13.6. The Morgan fingerprint density at radius 3 is 2.71 bits per heavy atom. The third kappa shape index (κ3) is 5.32. The Hall–Kier alpha value is -1.07. The molecule has 0 bridgehead atoms. The standard InChI is InChI=1S/C15H26ClN5/c1-17-13-14(16)19-12-20-15(13)18-8-4-2-5-9-21-10-6-3-7-11-21/h12,17H,2-11H2,1H3,(H,18,19,20). The smallest absolute Gasteiger partial charge is 0.157 e. The van der Waals surface area contributed by atoms with Crippen LogP contribution >= 0.6 is 11.6 Å². The molecule has 1 aliphatic rings. The summed E-state index contributed by atoms with van der Waals surface area (Å²) in [4.78, 5) is 10.8. The molecule has 0 aromatic carbocycles. The number of halogens is 1. The number of hydrogen-bond acceptors (Lipinski definition) is 5. The summed E-state index contributed by atoms with van der Waals surface area (Å²) in [5, 5.41) is 6.82. The first-order chi connectivity index (χ1) is 10.3. The highest BCUT2D eigenvalue weighted by molar-refractivity contribution is 6.32. The molecule has 1 saturated heterocycles. The summed E-state index contributed by atoms with van der Waals surface area (Å²) in [7, 11) is 1.83. The van der Waals surface area contributed by atoms with Gasteiger partial charge in [-0.1, -0.05) is 24.4 Å². The van der Waals surface area contributed by atoms with Crippen molar-refractivity contribution in [3.8, 4) is 0 Å². The van der Waals surface area contributed by atoms with Crippen molar-refractivity contribution in [1.82, 2.24) is 14.9 Å². The lowest BCUT2D eigenvalue weighted by Crippen LogP contribution is -2.30. The molecule has 1 aromatic rings. The van der Waals surface area contributed by atoms with E-state index in [1.807, 2.05) is 7.05 Å². The van der Waals surface area contributed by atoms with Gasteiger partial charge in [-0.25, -0.2) is 9.97 Å². The number of nitrogens with zero attached hydrogens (tertiary/aromatic N) is 3. The third-order valence-electron chi connectivity index (χ3n) is 3.94. The van der Waals surface area contributed by atoms with E-state index in [9.17, 15) is 0 Å². The molecule has 2 rings (SSSR count). The van der Waals surface area contributed by atoms with Crippen LogP contribution in [-0.4, -0.2) is 48.1 Å². The molecule has 0 unspecified atom stereocenters. The van der Waals surface area contributed by atoms with Gasteiger partial charge in [0, 0.05) is 13.6 Å². The van der Waals surface area contributed by atoms with Crippen molar-refractivity contribution in [2.24, 2.45) is 0 Å². The lowest BCUT2D eigenvalue weighted by Gasteiger charge is -2.26. The Kier molecular flexibility index (Phi) is 7.03. The topological polar surface area (TPSA) is 53.1 Å². The molecule has 118 valence electrons. The Morgan fingerprint density at radius 2 is 1.95 bits per heavy atom. The van der Waals surface area contributed by atoms with Crippen LogP contribution in [-0.2, 0) is 0 Å². The summed E-state index contributed by atoms with van der Waals surface area (Å²) in [6, 6.07) is 0. The highest BCUT2D eigenvalue weighted by Crippen LogP contribution is 2.25. The van der Waals surface area contributed by atoms with Crippen molar-refractivity contribution in [2.45, 2.75) is 38.5 Å². The number of unbranched alkanes of at least 4 members (excludes halogenated alkanes) is 2. The quantitative estimate of drug-likeness (QED) is 0.570. The van der Waals surface area contributed by atoms with E-state index < -0.39 is 0 Å². The fourth-order valence-corrected chi connectivity index (χ4v) is 2.97. The van der Waals surface area contributed by atoms with Crippen LogP contribution < -0.4 is 10.6 Å². The van der Waals surface area contributed by atoms with Crippen LogP contribution in [0.2, 0.25) is 5.15 Å². The molecule has 2 heterocycles. The van der Waals surface area contributed by atoms with Gasteiger partial charge in [0.2, 0.25) is 0 Å². The van der Waals surface area contributed by atoms with Crippen LogP contribution in [0.4, 0.5) is 11.5 Å². The fourth-order valence-electron chi connectivity index (χ4n) is 2.75. The summed E-state index contributed by atoms with van der Waals surface area (Å²) in [5.74, 6) is 0.786. The average molecular weight is 312 g/mol. The monoisotopic (exact) mass is 311 g/mol. The zero-order valence-electron chi connectivity index (χ0n) is 12.9. The molecule has 2 N–H and O–H groups in total. The second-order valence-electron chi connectivity index (χ2n) is 5.53. The van der Waals surface area contributed by atoms with Crippen molar-refractivity contribution in [1.29, 1.82) is 0 Å². The van der Waals surface area contributed by atoms with Gasteiger partial charge >= 0.3 is 0 Å². The minimum atomic E-state index is 0.458. The number of hydrogen-bond donors (Lipinski definition) is 2. The van der Waals surface area contributed by atoms with E-state index >= 15 is 0 Å². The number of rotatable bonds is 8.